The normalized spacial score (nSPS) is 15.8. The van der Waals surface area contributed by atoms with Gasteiger partial charge in [0.1, 0.15) is 0 Å². The summed E-state index contributed by atoms with van der Waals surface area (Å²) in [6, 6.07) is 6.33. The highest BCUT2D eigenvalue weighted by atomic mass is 16.4. The van der Waals surface area contributed by atoms with Gasteiger partial charge in [0.25, 0.3) is 0 Å². The summed E-state index contributed by atoms with van der Waals surface area (Å²) in [7, 11) is 0. The second-order valence-electron chi connectivity index (χ2n) is 4.36. The predicted octanol–water partition coefficient (Wildman–Crippen LogP) is 2.51. The minimum atomic E-state index is -0.984. The first kappa shape index (κ1) is 11.6. The maximum Gasteiger partial charge on any atom is 0.335 e. The number of carbonyl (C=O) groups excluding carboxylic acids is 1. The molecule has 0 heterocycles. The van der Waals surface area contributed by atoms with Gasteiger partial charge in [-0.1, -0.05) is 18.9 Å². The van der Waals surface area contributed by atoms with Gasteiger partial charge in [0.15, 0.2) is 0 Å². The van der Waals surface area contributed by atoms with Crippen LogP contribution in [0.1, 0.15) is 36.0 Å². The molecule has 0 aromatic heterocycles. The van der Waals surface area contributed by atoms with Crippen LogP contribution in [-0.4, -0.2) is 17.0 Å². The smallest absolute Gasteiger partial charge is 0.335 e. The number of carbonyl (C=O) groups is 2. The Balaban J connectivity index is 2.05. The van der Waals surface area contributed by atoms with Crippen molar-refractivity contribution in [1.82, 2.24) is 0 Å². The van der Waals surface area contributed by atoms with Gasteiger partial charge in [-0.05, 0) is 31.0 Å². The summed E-state index contributed by atoms with van der Waals surface area (Å²) in [5, 5.41) is 11.6. The second-order valence-corrected chi connectivity index (χ2v) is 4.36. The maximum atomic E-state index is 11.8. The number of nitrogens with one attached hydrogen (secondary N) is 1. The molecule has 1 amide bonds. The zero-order valence-corrected chi connectivity index (χ0v) is 9.48. The van der Waals surface area contributed by atoms with E-state index in [1.54, 1.807) is 12.1 Å². The minimum absolute atomic E-state index is 0.00467. The summed E-state index contributed by atoms with van der Waals surface area (Å²) in [6.45, 7) is 0. The van der Waals surface area contributed by atoms with Crippen molar-refractivity contribution < 1.29 is 14.7 Å². The highest BCUT2D eigenvalue weighted by molar-refractivity contribution is 5.95. The fourth-order valence-electron chi connectivity index (χ4n) is 2.16. The van der Waals surface area contributed by atoms with Crippen LogP contribution in [0.4, 0.5) is 5.69 Å². The van der Waals surface area contributed by atoms with E-state index in [4.69, 9.17) is 5.11 Å². The number of aromatic carboxylic acids is 1. The van der Waals surface area contributed by atoms with Crippen LogP contribution >= 0.6 is 0 Å². The highest BCUT2D eigenvalue weighted by Crippen LogP contribution is 2.26. The van der Waals surface area contributed by atoms with Gasteiger partial charge in [-0.15, -0.1) is 0 Å². The number of carboxylic acids is 1. The third kappa shape index (κ3) is 2.84. The predicted molar refractivity (Wildman–Crippen MR) is 64.0 cm³/mol. The highest BCUT2D eigenvalue weighted by Gasteiger charge is 2.22. The molecule has 1 aliphatic carbocycles. The number of hydrogen-bond acceptors (Lipinski definition) is 2. The Morgan fingerprint density at radius 2 is 1.94 bits per heavy atom. The summed E-state index contributed by atoms with van der Waals surface area (Å²) >= 11 is 0. The lowest BCUT2D eigenvalue weighted by Gasteiger charge is -2.10. The SMILES string of the molecule is O=C(O)c1cccc(NC(=O)C2CCCC2)c1. The van der Waals surface area contributed by atoms with E-state index in [9.17, 15) is 9.59 Å². The first-order chi connectivity index (χ1) is 8.16. The molecule has 2 rings (SSSR count). The van der Waals surface area contributed by atoms with E-state index in [2.05, 4.69) is 5.32 Å². The fourth-order valence-corrected chi connectivity index (χ4v) is 2.16. The van der Waals surface area contributed by atoms with Gasteiger partial charge in [-0.3, -0.25) is 4.79 Å². The molecular formula is C13H15NO3. The molecule has 1 fully saturated rings. The number of hydrogen-bond donors (Lipinski definition) is 2. The van der Waals surface area contributed by atoms with E-state index in [1.165, 1.54) is 12.1 Å². The van der Waals surface area contributed by atoms with E-state index in [0.717, 1.165) is 25.7 Å². The van der Waals surface area contributed by atoms with Crippen molar-refractivity contribution >= 4 is 17.6 Å². The third-order valence-electron chi connectivity index (χ3n) is 3.10. The maximum absolute atomic E-state index is 11.8. The molecule has 0 atom stereocenters. The Bertz CT molecular complexity index is 436. The zero-order chi connectivity index (χ0) is 12.3. The van der Waals surface area contributed by atoms with Gasteiger partial charge in [-0.25, -0.2) is 4.79 Å². The summed E-state index contributed by atoms with van der Waals surface area (Å²) in [6.07, 6.45) is 4.08. The molecule has 90 valence electrons. The standard InChI is InChI=1S/C13H15NO3/c15-12(9-4-1-2-5-9)14-11-7-3-6-10(8-11)13(16)17/h3,6-9H,1-2,4-5H2,(H,14,15)(H,16,17). The van der Waals surface area contributed by atoms with Gasteiger partial charge in [0.05, 0.1) is 5.56 Å². The van der Waals surface area contributed by atoms with Crippen molar-refractivity contribution in [2.75, 3.05) is 5.32 Å². The zero-order valence-electron chi connectivity index (χ0n) is 9.48. The van der Waals surface area contributed by atoms with Crippen molar-refractivity contribution in [3.8, 4) is 0 Å². The molecule has 4 heteroatoms. The van der Waals surface area contributed by atoms with Crippen LogP contribution in [0, 0.1) is 5.92 Å². The first-order valence-corrected chi connectivity index (χ1v) is 5.81. The van der Waals surface area contributed by atoms with Crippen LogP contribution in [0.15, 0.2) is 24.3 Å². The van der Waals surface area contributed by atoms with Crippen molar-refractivity contribution in [2.24, 2.45) is 5.92 Å². The molecule has 4 nitrogen and oxygen atoms in total. The molecule has 0 aliphatic heterocycles. The van der Waals surface area contributed by atoms with Gasteiger partial charge < -0.3 is 10.4 Å². The molecule has 0 radical (unpaired) electrons. The largest absolute Gasteiger partial charge is 0.478 e. The van der Waals surface area contributed by atoms with Gasteiger partial charge in [0, 0.05) is 11.6 Å². The quantitative estimate of drug-likeness (QED) is 0.843. The number of amides is 1. The monoisotopic (exact) mass is 233 g/mol. The van der Waals surface area contributed by atoms with Crippen LogP contribution in [0.25, 0.3) is 0 Å². The summed E-state index contributed by atoms with van der Waals surface area (Å²) in [4.78, 5) is 22.6. The Hall–Kier alpha value is -1.84. The lowest BCUT2D eigenvalue weighted by atomic mass is 10.1. The van der Waals surface area contributed by atoms with Crippen LogP contribution in [0.2, 0.25) is 0 Å². The van der Waals surface area contributed by atoms with Crippen molar-refractivity contribution in [1.29, 1.82) is 0 Å². The number of rotatable bonds is 3. The molecule has 1 aliphatic rings. The van der Waals surface area contributed by atoms with Gasteiger partial charge in [-0.2, -0.15) is 0 Å². The first-order valence-electron chi connectivity index (χ1n) is 5.81. The molecule has 0 spiro atoms. The Labute approximate surface area is 99.6 Å². The van der Waals surface area contributed by atoms with E-state index in [0.29, 0.717) is 5.69 Å². The average Bonchev–Trinajstić information content (AvgIpc) is 2.82. The van der Waals surface area contributed by atoms with Crippen molar-refractivity contribution in [2.45, 2.75) is 25.7 Å². The average molecular weight is 233 g/mol. The molecule has 2 N–H and O–H groups in total. The van der Waals surface area contributed by atoms with Crippen LogP contribution in [0.3, 0.4) is 0 Å². The third-order valence-corrected chi connectivity index (χ3v) is 3.10. The van der Waals surface area contributed by atoms with E-state index in [-0.39, 0.29) is 17.4 Å². The van der Waals surface area contributed by atoms with Crippen LogP contribution in [-0.2, 0) is 4.79 Å². The molecule has 1 aromatic carbocycles. The molecule has 0 unspecified atom stereocenters. The van der Waals surface area contributed by atoms with Gasteiger partial charge in [0.2, 0.25) is 5.91 Å². The molecular weight excluding hydrogens is 218 g/mol. The topological polar surface area (TPSA) is 66.4 Å². The van der Waals surface area contributed by atoms with Gasteiger partial charge >= 0.3 is 5.97 Å². The molecule has 1 aromatic rings. The molecule has 17 heavy (non-hydrogen) atoms. The Morgan fingerprint density at radius 3 is 2.59 bits per heavy atom. The lowest BCUT2D eigenvalue weighted by Crippen LogP contribution is -2.20. The summed E-state index contributed by atoms with van der Waals surface area (Å²) in [5.41, 5.74) is 0.746. The number of benzene rings is 1. The lowest BCUT2D eigenvalue weighted by molar-refractivity contribution is -0.119. The van der Waals surface area contributed by atoms with Crippen molar-refractivity contribution in [3.05, 3.63) is 29.8 Å². The minimum Gasteiger partial charge on any atom is -0.478 e. The van der Waals surface area contributed by atoms with Crippen LogP contribution < -0.4 is 5.32 Å². The van der Waals surface area contributed by atoms with Crippen LogP contribution in [0.5, 0.6) is 0 Å². The number of anilines is 1. The van der Waals surface area contributed by atoms with Crippen molar-refractivity contribution in [3.63, 3.8) is 0 Å². The summed E-state index contributed by atoms with van der Waals surface area (Å²) < 4.78 is 0. The number of carboxylic acid groups (broad SMARTS) is 1. The van der Waals surface area contributed by atoms with E-state index >= 15 is 0 Å². The fraction of sp³-hybridized carbons (Fsp3) is 0.385. The molecule has 0 saturated heterocycles. The Morgan fingerprint density at radius 1 is 1.24 bits per heavy atom. The van der Waals surface area contributed by atoms with E-state index < -0.39 is 5.97 Å². The summed E-state index contributed by atoms with van der Waals surface area (Å²) in [5.74, 6) is -0.893. The molecule has 0 bridgehead atoms. The second kappa shape index (κ2) is 4.99. The molecule has 1 saturated carbocycles. The van der Waals surface area contributed by atoms with E-state index in [1.807, 2.05) is 0 Å². The Kier molecular flexibility index (Phi) is 3.42.